The fourth-order valence-electron chi connectivity index (χ4n) is 3.96. The summed E-state index contributed by atoms with van der Waals surface area (Å²) in [5.74, 6) is -0.0418. The number of halogens is 1. The number of ketones is 1. The number of carbonyl (C=O) groups excluding carboxylic acids is 1. The molecule has 1 spiro atoms. The second-order valence-electron chi connectivity index (χ2n) is 7.65. The molecule has 0 aliphatic carbocycles. The molecule has 0 N–H and O–H groups in total. The van der Waals surface area contributed by atoms with Gasteiger partial charge in [-0.05, 0) is 60.1 Å². The van der Waals surface area contributed by atoms with Crippen LogP contribution in [-0.4, -0.2) is 21.5 Å². The van der Waals surface area contributed by atoms with Gasteiger partial charge in [-0.15, -0.1) is 0 Å². The molecule has 0 radical (unpaired) electrons. The number of para-hydroxylation sites is 1. The summed E-state index contributed by atoms with van der Waals surface area (Å²) in [6.45, 7) is 1.57. The lowest BCUT2D eigenvalue weighted by Crippen LogP contribution is -2.56. The van der Waals surface area contributed by atoms with E-state index in [4.69, 9.17) is 10.2 Å². The number of hydrogen-bond acceptors (Lipinski definition) is 6. The number of Topliss-reactive ketones (excluding diaryl/α,β-unsaturated/α-hetero) is 1. The van der Waals surface area contributed by atoms with Crippen LogP contribution in [0.5, 0.6) is 0 Å². The first kappa shape index (κ1) is 21.0. The molecule has 2 heterocycles. The molecule has 2 aliphatic heterocycles. The fraction of sp³-hybridized carbons (Fsp3) is 0.160. The number of rotatable bonds is 4. The molecular formula is C25H21BrN4OS. The normalized spacial score (nSPS) is 20.3. The third-order valence-electron chi connectivity index (χ3n) is 5.50. The number of hydrogen-bond donors (Lipinski definition) is 0. The summed E-state index contributed by atoms with van der Waals surface area (Å²) in [5, 5.41) is 14.4. The van der Waals surface area contributed by atoms with Crippen molar-refractivity contribution in [2.24, 2.45) is 10.2 Å². The van der Waals surface area contributed by atoms with Crippen molar-refractivity contribution in [2.45, 2.75) is 24.8 Å². The Labute approximate surface area is 199 Å². The molecule has 3 aromatic rings. The average molecular weight is 505 g/mol. The first-order valence-corrected chi connectivity index (χ1v) is 12.0. The van der Waals surface area contributed by atoms with E-state index in [1.807, 2.05) is 82.8 Å². The van der Waals surface area contributed by atoms with Crippen LogP contribution in [0.4, 0.5) is 11.4 Å². The standard InChI is InChI=1S/C25H21BrN4OS/c1-18(31)24-28-30(22-14-12-20(26)13-15-22)25(32-24)17-16-23(19-8-4-2-5-9-19)27-29(25)21-10-6-3-7-11-21/h2-15H,16-17H2,1H3/t25-/m0/s1. The highest BCUT2D eigenvalue weighted by molar-refractivity contribution is 9.10. The van der Waals surface area contributed by atoms with Crippen molar-refractivity contribution in [1.29, 1.82) is 0 Å². The summed E-state index contributed by atoms with van der Waals surface area (Å²) in [5.41, 5.74) is 3.99. The van der Waals surface area contributed by atoms with Gasteiger partial charge in [0.25, 0.3) is 0 Å². The predicted octanol–water partition coefficient (Wildman–Crippen LogP) is 6.26. The van der Waals surface area contributed by atoms with Gasteiger partial charge in [0.1, 0.15) is 0 Å². The van der Waals surface area contributed by atoms with Crippen LogP contribution in [0.15, 0.2) is 99.6 Å². The van der Waals surface area contributed by atoms with E-state index in [2.05, 4.69) is 28.1 Å². The molecule has 0 saturated heterocycles. The summed E-state index contributed by atoms with van der Waals surface area (Å²) in [6.07, 6.45) is 1.52. The minimum Gasteiger partial charge on any atom is -0.292 e. The maximum atomic E-state index is 12.4. The second-order valence-corrected chi connectivity index (χ2v) is 9.82. The van der Waals surface area contributed by atoms with Crippen LogP contribution < -0.4 is 10.0 Å². The zero-order valence-corrected chi connectivity index (χ0v) is 19.9. The van der Waals surface area contributed by atoms with Gasteiger partial charge in [-0.2, -0.15) is 10.2 Å². The molecule has 0 fully saturated rings. The third-order valence-corrected chi connectivity index (χ3v) is 7.47. The van der Waals surface area contributed by atoms with Crippen molar-refractivity contribution in [3.63, 3.8) is 0 Å². The SMILES string of the molecule is CC(=O)C1=NN(c2ccc(Br)cc2)[C@@]2(CCC(c3ccccc3)=NN2c2ccccc2)S1. The van der Waals surface area contributed by atoms with Gasteiger partial charge >= 0.3 is 0 Å². The van der Waals surface area contributed by atoms with Gasteiger partial charge in [-0.1, -0.05) is 64.5 Å². The van der Waals surface area contributed by atoms with Crippen molar-refractivity contribution in [2.75, 3.05) is 10.0 Å². The van der Waals surface area contributed by atoms with E-state index < -0.39 is 4.99 Å². The summed E-state index contributed by atoms with van der Waals surface area (Å²) in [6, 6.07) is 28.4. The smallest absolute Gasteiger partial charge is 0.208 e. The van der Waals surface area contributed by atoms with E-state index in [1.54, 1.807) is 6.92 Å². The average Bonchev–Trinajstić information content (AvgIpc) is 3.21. The molecule has 3 aromatic carbocycles. The van der Waals surface area contributed by atoms with Gasteiger partial charge in [0, 0.05) is 17.8 Å². The van der Waals surface area contributed by atoms with Crippen LogP contribution in [0.3, 0.4) is 0 Å². The number of hydrazone groups is 2. The summed E-state index contributed by atoms with van der Waals surface area (Å²) < 4.78 is 0.992. The lowest BCUT2D eigenvalue weighted by molar-refractivity contribution is -0.110. The Balaban J connectivity index is 1.67. The van der Waals surface area contributed by atoms with Gasteiger partial charge in [-0.25, -0.2) is 10.0 Å². The molecule has 0 aromatic heterocycles. The maximum absolute atomic E-state index is 12.4. The van der Waals surface area contributed by atoms with Crippen molar-refractivity contribution in [1.82, 2.24) is 0 Å². The topological polar surface area (TPSA) is 48.3 Å². The minimum absolute atomic E-state index is 0.0418. The molecule has 0 amide bonds. The number of carbonyl (C=O) groups is 1. The number of benzene rings is 3. The Hall–Kier alpha value is -2.90. The first-order valence-electron chi connectivity index (χ1n) is 10.4. The van der Waals surface area contributed by atoms with Gasteiger partial charge < -0.3 is 0 Å². The van der Waals surface area contributed by atoms with Crippen LogP contribution in [-0.2, 0) is 4.79 Å². The van der Waals surface area contributed by atoms with E-state index in [0.717, 1.165) is 40.0 Å². The highest BCUT2D eigenvalue weighted by atomic mass is 79.9. The van der Waals surface area contributed by atoms with Crippen LogP contribution in [0.2, 0.25) is 0 Å². The molecule has 32 heavy (non-hydrogen) atoms. The van der Waals surface area contributed by atoms with E-state index in [9.17, 15) is 4.79 Å². The van der Waals surface area contributed by atoms with E-state index in [-0.39, 0.29) is 5.78 Å². The number of thioether (sulfide) groups is 1. The molecular weight excluding hydrogens is 484 g/mol. The largest absolute Gasteiger partial charge is 0.292 e. The van der Waals surface area contributed by atoms with E-state index in [0.29, 0.717) is 5.04 Å². The second kappa shape index (κ2) is 8.56. The Morgan fingerprint density at radius 3 is 2.12 bits per heavy atom. The van der Waals surface area contributed by atoms with Crippen LogP contribution >= 0.6 is 27.7 Å². The molecule has 5 nitrogen and oxygen atoms in total. The number of anilines is 2. The van der Waals surface area contributed by atoms with Crippen LogP contribution in [0, 0.1) is 0 Å². The third kappa shape index (κ3) is 3.76. The zero-order chi connectivity index (χ0) is 22.1. The maximum Gasteiger partial charge on any atom is 0.208 e. The Morgan fingerprint density at radius 1 is 0.875 bits per heavy atom. The predicted molar refractivity (Wildman–Crippen MR) is 136 cm³/mol. The molecule has 7 heteroatoms. The summed E-state index contributed by atoms with van der Waals surface area (Å²) >= 11 is 5.00. The van der Waals surface area contributed by atoms with E-state index in [1.165, 1.54) is 11.8 Å². The molecule has 2 aliphatic rings. The lowest BCUT2D eigenvalue weighted by Gasteiger charge is -2.46. The van der Waals surface area contributed by atoms with Gasteiger partial charge in [0.15, 0.2) is 10.8 Å². The molecule has 1 atom stereocenters. The van der Waals surface area contributed by atoms with Crippen molar-refractivity contribution < 1.29 is 4.79 Å². The molecule has 0 bridgehead atoms. The Kier molecular flexibility index (Phi) is 5.61. The first-order chi connectivity index (χ1) is 15.6. The highest BCUT2D eigenvalue weighted by Crippen LogP contribution is 2.50. The molecule has 0 unspecified atom stereocenters. The quantitative estimate of drug-likeness (QED) is 0.420. The molecule has 0 saturated carbocycles. The van der Waals surface area contributed by atoms with Crippen molar-refractivity contribution in [3.05, 3.63) is 95.0 Å². The van der Waals surface area contributed by atoms with Crippen LogP contribution in [0.1, 0.15) is 25.3 Å². The van der Waals surface area contributed by atoms with Gasteiger partial charge in [0.2, 0.25) is 4.99 Å². The molecule has 5 rings (SSSR count). The van der Waals surface area contributed by atoms with Crippen LogP contribution in [0.25, 0.3) is 0 Å². The highest BCUT2D eigenvalue weighted by Gasteiger charge is 2.52. The van der Waals surface area contributed by atoms with Gasteiger partial charge in [0.05, 0.1) is 17.1 Å². The fourth-order valence-corrected chi connectivity index (χ4v) is 5.47. The number of nitrogens with zero attached hydrogens (tertiary/aromatic N) is 4. The Bertz CT molecular complexity index is 1200. The van der Waals surface area contributed by atoms with E-state index >= 15 is 0 Å². The monoisotopic (exact) mass is 504 g/mol. The van der Waals surface area contributed by atoms with Crippen molar-refractivity contribution in [3.8, 4) is 0 Å². The lowest BCUT2D eigenvalue weighted by atomic mass is 10.0. The zero-order valence-electron chi connectivity index (χ0n) is 17.5. The summed E-state index contributed by atoms with van der Waals surface area (Å²) in [4.78, 5) is 11.7. The Morgan fingerprint density at radius 2 is 1.47 bits per heavy atom. The van der Waals surface area contributed by atoms with Crippen molar-refractivity contribution >= 4 is 55.6 Å². The molecule has 160 valence electrons. The van der Waals surface area contributed by atoms with Gasteiger partial charge in [-0.3, -0.25) is 4.79 Å². The summed E-state index contributed by atoms with van der Waals surface area (Å²) in [7, 11) is 0. The minimum atomic E-state index is -0.672.